The number of carbonyl (C=O) groups excluding carboxylic acids is 1. The zero-order valence-corrected chi connectivity index (χ0v) is 15.7. The van der Waals surface area contributed by atoms with Gasteiger partial charge in [0, 0.05) is 6.54 Å². The van der Waals surface area contributed by atoms with E-state index in [9.17, 15) is 13.2 Å². The molecule has 0 radical (unpaired) electrons. The van der Waals surface area contributed by atoms with Gasteiger partial charge in [-0.15, -0.1) is 0 Å². The van der Waals surface area contributed by atoms with Gasteiger partial charge in [0.2, 0.25) is 15.9 Å². The molecule has 2 aromatic carbocycles. The molecule has 2 atom stereocenters. The third kappa shape index (κ3) is 3.97. The molecule has 1 aliphatic heterocycles. The topological polar surface area (TPSA) is 66.5 Å². The summed E-state index contributed by atoms with van der Waals surface area (Å²) < 4.78 is 27.4. The number of rotatable bonds is 5. The van der Waals surface area contributed by atoms with Crippen LogP contribution in [0.3, 0.4) is 0 Å². The van der Waals surface area contributed by atoms with E-state index < -0.39 is 16.1 Å². The highest BCUT2D eigenvalue weighted by Crippen LogP contribution is 2.26. The van der Waals surface area contributed by atoms with Gasteiger partial charge in [0.15, 0.2) is 0 Å². The average molecular weight is 372 g/mol. The van der Waals surface area contributed by atoms with Crippen molar-refractivity contribution in [3.63, 3.8) is 0 Å². The van der Waals surface area contributed by atoms with Crippen LogP contribution in [0.2, 0.25) is 0 Å². The average Bonchev–Trinajstić information content (AvgIpc) is 2.69. The van der Waals surface area contributed by atoms with Gasteiger partial charge in [0.05, 0.1) is 10.9 Å². The summed E-state index contributed by atoms with van der Waals surface area (Å²) in [5, 5.41) is 2.97. The Kier molecular flexibility index (Phi) is 5.74. The molecule has 138 valence electrons. The van der Waals surface area contributed by atoms with E-state index in [2.05, 4.69) is 5.32 Å². The van der Waals surface area contributed by atoms with Crippen molar-refractivity contribution in [3.8, 4) is 0 Å². The lowest BCUT2D eigenvalue weighted by Gasteiger charge is -2.34. The van der Waals surface area contributed by atoms with Crippen LogP contribution in [0.1, 0.15) is 37.8 Å². The van der Waals surface area contributed by atoms with Crippen LogP contribution >= 0.6 is 0 Å². The number of nitrogens with one attached hydrogen (secondary N) is 1. The van der Waals surface area contributed by atoms with Crippen LogP contribution in [0.25, 0.3) is 0 Å². The number of benzene rings is 2. The quantitative estimate of drug-likeness (QED) is 0.877. The predicted octanol–water partition coefficient (Wildman–Crippen LogP) is 3.11. The summed E-state index contributed by atoms with van der Waals surface area (Å²) in [4.78, 5) is 13.1. The van der Waals surface area contributed by atoms with E-state index in [0.29, 0.717) is 13.0 Å². The third-order valence-corrected chi connectivity index (χ3v) is 6.69. The van der Waals surface area contributed by atoms with E-state index in [1.54, 1.807) is 30.3 Å². The predicted molar refractivity (Wildman–Crippen MR) is 101 cm³/mol. The van der Waals surface area contributed by atoms with Gasteiger partial charge in [0.1, 0.15) is 6.04 Å². The minimum absolute atomic E-state index is 0.174. The zero-order chi connectivity index (χ0) is 18.6. The molecule has 1 aliphatic rings. The lowest BCUT2D eigenvalue weighted by Crippen LogP contribution is -2.52. The molecular formula is C20H24N2O3S. The second-order valence-corrected chi connectivity index (χ2v) is 8.47. The first-order valence-electron chi connectivity index (χ1n) is 8.92. The van der Waals surface area contributed by atoms with Gasteiger partial charge >= 0.3 is 0 Å². The van der Waals surface area contributed by atoms with Crippen molar-refractivity contribution >= 4 is 15.9 Å². The molecule has 3 rings (SSSR count). The van der Waals surface area contributed by atoms with Crippen molar-refractivity contribution in [2.24, 2.45) is 0 Å². The normalized spacial score (nSPS) is 19.7. The monoisotopic (exact) mass is 372 g/mol. The number of carbonyl (C=O) groups is 1. The lowest BCUT2D eigenvalue weighted by atomic mass is 10.0. The van der Waals surface area contributed by atoms with E-state index in [4.69, 9.17) is 0 Å². The Morgan fingerprint density at radius 2 is 1.65 bits per heavy atom. The Morgan fingerprint density at radius 1 is 1.04 bits per heavy atom. The fraction of sp³-hybridized carbons (Fsp3) is 0.350. The Hall–Kier alpha value is -2.18. The molecule has 0 spiro atoms. The van der Waals surface area contributed by atoms with Crippen molar-refractivity contribution in [2.75, 3.05) is 6.54 Å². The maximum absolute atomic E-state index is 13.0. The number of hydrogen-bond donors (Lipinski definition) is 1. The molecule has 6 heteroatoms. The van der Waals surface area contributed by atoms with Crippen molar-refractivity contribution < 1.29 is 13.2 Å². The minimum Gasteiger partial charge on any atom is -0.348 e. The minimum atomic E-state index is -3.68. The van der Waals surface area contributed by atoms with Crippen LogP contribution in [0.15, 0.2) is 65.6 Å². The zero-order valence-electron chi connectivity index (χ0n) is 14.8. The molecule has 0 bridgehead atoms. The van der Waals surface area contributed by atoms with Crippen molar-refractivity contribution in [1.29, 1.82) is 0 Å². The van der Waals surface area contributed by atoms with Crippen LogP contribution < -0.4 is 5.32 Å². The van der Waals surface area contributed by atoms with Gasteiger partial charge < -0.3 is 5.32 Å². The highest BCUT2D eigenvalue weighted by Gasteiger charge is 2.37. The summed E-state index contributed by atoms with van der Waals surface area (Å²) in [6.45, 7) is 2.28. The standard InChI is InChI=1S/C20H24N2O3S/c1-16(17-10-4-2-5-11-17)21-20(23)19-14-8-9-15-22(19)26(24,25)18-12-6-3-7-13-18/h2-7,10-13,16,19H,8-9,14-15H2,1H3,(H,21,23)/t16-,19+/m1/s1. The fourth-order valence-corrected chi connectivity index (χ4v) is 4.99. The first-order chi connectivity index (χ1) is 12.5. The smallest absolute Gasteiger partial charge is 0.243 e. The van der Waals surface area contributed by atoms with Gasteiger partial charge in [0.25, 0.3) is 0 Å². The first-order valence-corrected chi connectivity index (χ1v) is 10.4. The van der Waals surface area contributed by atoms with E-state index in [1.807, 2.05) is 37.3 Å². The van der Waals surface area contributed by atoms with Gasteiger partial charge in [-0.3, -0.25) is 4.79 Å². The highest BCUT2D eigenvalue weighted by molar-refractivity contribution is 7.89. The summed E-state index contributed by atoms with van der Waals surface area (Å²) in [5.74, 6) is -0.236. The van der Waals surface area contributed by atoms with Crippen molar-refractivity contribution in [2.45, 2.75) is 43.2 Å². The Morgan fingerprint density at radius 3 is 2.31 bits per heavy atom. The second kappa shape index (κ2) is 8.01. The Bertz CT molecular complexity index is 838. The largest absolute Gasteiger partial charge is 0.348 e. The summed E-state index contributed by atoms with van der Waals surface area (Å²) >= 11 is 0. The summed E-state index contributed by atoms with van der Waals surface area (Å²) in [5.41, 5.74) is 0.995. The van der Waals surface area contributed by atoms with Crippen LogP contribution in [0, 0.1) is 0 Å². The van der Waals surface area contributed by atoms with Crippen molar-refractivity contribution in [1.82, 2.24) is 9.62 Å². The van der Waals surface area contributed by atoms with E-state index >= 15 is 0 Å². The molecule has 0 aliphatic carbocycles. The molecule has 0 saturated carbocycles. The molecule has 1 heterocycles. The molecular weight excluding hydrogens is 348 g/mol. The van der Waals surface area contributed by atoms with Crippen molar-refractivity contribution in [3.05, 3.63) is 66.2 Å². The Labute approximate surface area is 155 Å². The van der Waals surface area contributed by atoms with Crippen LogP contribution in [0.5, 0.6) is 0 Å². The molecule has 1 saturated heterocycles. The molecule has 26 heavy (non-hydrogen) atoms. The molecule has 1 N–H and O–H groups in total. The summed E-state index contributed by atoms with van der Waals surface area (Å²) in [6.07, 6.45) is 2.15. The third-order valence-electron chi connectivity index (χ3n) is 4.76. The maximum Gasteiger partial charge on any atom is 0.243 e. The van der Waals surface area contributed by atoms with Crippen LogP contribution in [-0.4, -0.2) is 31.2 Å². The van der Waals surface area contributed by atoms with Gasteiger partial charge in [-0.05, 0) is 37.5 Å². The number of nitrogens with zero attached hydrogens (tertiary/aromatic N) is 1. The summed E-state index contributed by atoms with van der Waals surface area (Å²) in [6, 6.07) is 17.1. The number of piperidine rings is 1. The molecule has 2 aromatic rings. The molecule has 1 fully saturated rings. The van der Waals surface area contributed by atoms with Crippen LogP contribution in [0.4, 0.5) is 0 Å². The van der Waals surface area contributed by atoms with Crippen LogP contribution in [-0.2, 0) is 14.8 Å². The fourth-order valence-electron chi connectivity index (χ4n) is 3.32. The van der Waals surface area contributed by atoms with Gasteiger partial charge in [-0.2, -0.15) is 4.31 Å². The second-order valence-electron chi connectivity index (χ2n) is 6.58. The lowest BCUT2D eigenvalue weighted by molar-refractivity contribution is -0.126. The number of hydrogen-bond acceptors (Lipinski definition) is 3. The summed E-state index contributed by atoms with van der Waals surface area (Å²) in [7, 11) is -3.68. The number of amides is 1. The van der Waals surface area contributed by atoms with E-state index in [0.717, 1.165) is 18.4 Å². The molecule has 0 aromatic heterocycles. The van der Waals surface area contributed by atoms with E-state index in [1.165, 1.54) is 4.31 Å². The van der Waals surface area contributed by atoms with Gasteiger partial charge in [-0.25, -0.2) is 8.42 Å². The highest BCUT2D eigenvalue weighted by atomic mass is 32.2. The molecule has 0 unspecified atom stereocenters. The van der Waals surface area contributed by atoms with E-state index in [-0.39, 0.29) is 16.8 Å². The van der Waals surface area contributed by atoms with Gasteiger partial charge in [-0.1, -0.05) is 55.0 Å². The Balaban J connectivity index is 1.79. The molecule has 5 nitrogen and oxygen atoms in total. The SMILES string of the molecule is C[C@@H](NC(=O)[C@@H]1CCCCN1S(=O)(=O)c1ccccc1)c1ccccc1. The maximum atomic E-state index is 13.0. The molecule has 1 amide bonds. The number of sulfonamides is 1. The first kappa shape index (κ1) is 18.6.